The molecule has 19 heavy (non-hydrogen) atoms. The molecule has 1 aliphatic rings. The number of carbonyl (C=O) groups excluding carboxylic acids is 2. The van der Waals surface area contributed by atoms with Gasteiger partial charge in [-0.15, -0.1) is 0 Å². The van der Waals surface area contributed by atoms with E-state index in [1.807, 2.05) is 24.3 Å². The fraction of sp³-hybridized carbons (Fsp3) is 0.429. The van der Waals surface area contributed by atoms with Gasteiger partial charge in [0.15, 0.2) is 0 Å². The molecule has 1 aromatic carbocycles. The molecule has 2 rings (SSSR count). The van der Waals surface area contributed by atoms with Gasteiger partial charge in [0.25, 0.3) is 5.91 Å². The molecule has 0 spiro atoms. The molecule has 1 aliphatic heterocycles. The largest absolute Gasteiger partial charge is 0.469 e. The van der Waals surface area contributed by atoms with Gasteiger partial charge in [-0.3, -0.25) is 9.59 Å². The molecule has 0 aromatic heterocycles. The molecule has 0 aliphatic carbocycles. The van der Waals surface area contributed by atoms with Crippen molar-refractivity contribution in [2.75, 3.05) is 20.2 Å². The SMILES string of the molecule is COC(=O)C1CCN(C(=O)c2ccc(CBr)cc2)C1. The molecule has 1 fully saturated rings. The molecule has 0 radical (unpaired) electrons. The molecule has 0 N–H and O–H groups in total. The number of benzene rings is 1. The van der Waals surface area contributed by atoms with Crippen LogP contribution in [-0.2, 0) is 14.9 Å². The van der Waals surface area contributed by atoms with Crippen molar-refractivity contribution in [2.45, 2.75) is 11.8 Å². The Labute approximate surface area is 120 Å². The second-order valence-electron chi connectivity index (χ2n) is 4.59. The number of carbonyl (C=O) groups is 2. The predicted molar refractivity (Wildman–Crippen MR) is 75.1 cm³/mol. The number of ether oxygens (including phenoxy) is 1. The number of rotatable bonds is 3. The highest BCUT2D eigenvalue weighted by atomic mass is 79.9. The minimum Gasteiger partial charge on any atom is -0.469 e. The zero-order valence-corrected chi connectivity index (χ0v) is 12.4. The normalized spacial score (nSPS) is 18.4. The molecule has 4 nitrogen and oxygen atoms in total. The third-order valence-corrected chi connectivity index (χ3v) is 4.01. The molecule has 1 amide bonds. The molecule has 1 heterocycles. The van der Waals surface area contributed by atoms with E-state index in [-0.39, 0.29) is 17.8 Å². The van der Waals surface area contributed by atoms with Crippen LogP contribution in [-0.4, -0.2) is 37.0 Å². The summed E-state index contributed by atoms with van der Waals surface area (Å²) in [5.41, 5.74) is 1.79. The van der Waals surface area contributed by atoms with Crippen molar-refractivity contribution in [3.63, 3.8) is 0 Å². The first-order valence-corrected chi connectivity index (χ1v) is 7.30. The van der Waals surface area contributed by atoms with Gasteiger partial charge in [-0.25, -0.2) is 0 Å². The van der Waals surface area contributed by atoms with E-state index in [2.05, 4.69) is 15.9 Å². The lowest BCUT2D eigenvalue weighted by molar-refractivity contribution is -0.144. The predicted octanol–water partition coefficient (Wildman–Crippen LogP) is 2.22. The van der Waals surface area contributed by atoms with E-state index in [0.717, 1.165) is 10.9 Å². The summed E-state index contributed by atoms with van der Waals surface area (Å²) < 4.78 is 4.72. The first-order chi connectivity index (χ1) is 9.15. The summed E-state index contributed by atoms with van der Waals surface area (Å²) in [6.07, 6.45) is 0.678. The molecule has 0 bridgehead atoms. The van der Waals surface area contributed by atoms with Crippen LogP contribution in [0.25, 0.3) is 0 Å². The minimum absolute atomic E-state index is 0.0208. The van der Waals surface area contributed by atoms with E-state index < -0.39 is 0 Å². The fourth-order valence-corrected chi connectivity index (χ4v) is 2.60. The molecular weight excluding hydrogens is 310 g/mol. The van der Waals surface area contributed by atoms with E-state index in [1.54, 1.807) is 4.90 Å². The van der Waals surface area contributed by atoms with E-state index >= 15 is 0 Å². The van der Waals surface area contributed by atoms with Gasteiger partial charge in [0.2, 0.25) is 0 Å². The topological polar surface area (TPSA) is 46.6 Å². The summed E-state index contributed by atoms with van der Waals surface area (Å²) in [4.78, 5) is 25.4. The summed E-state index contributed by atoms with van der Waals surface area (Å²) >= 11 is 3.37. The van der Waals surface area contributed by atoms with E-state index in [0.29, 0.717) is 25.1 Å². The third kappa shape index (κ3) is 3.15. The van der Waals surface area contributed by atoms with Gasteiger partial charge < -0.3 is 9.64 Å². The van der Waals surface area contributed by atoms with Crippen LogP contribution in [0, 0.1) is 5.92 Å². The Hall–Kier alpha value is -1.36. The van der Waals surface area contributed by atoms with Gasteiger partial charge in [0.05, 0.1) is 13.0 Å². The third-order valence-electron chi connectivity index (χ3n) is 3.37. The number of halogens is 1. The van der Waals surface area contributed by atoms with Crippen molar-refractivity contribution in [2.24, 2.45) is 5.92 Å². The van der Waals surface area contributed by atoms with Crippen LogP contribution in [0.5, 0.6) is 0 Å². The number of alkyl halides is 1. The molecule has 102 valence electrons. The number of likely N-dealkylation sites (tertiary alicyclic amines) is 1. The molecule has 1 atom stereocenters. The van der Waals surface area contributed by atoms with E-state index in [9.17, 15) is 9.59 Å². The highest BCUT2D eigenvalue weighted by molar-refractivity contribution is 9.08. The first-order valence-electron chi connectivity index (χ1n) is 6.17. The summed E-state index contributed by atoms with van der Waals surface area (Å²) in [7, 11) is 1.38. The Kier molecular flexibility index (Phi) is 4.58. The van der Waals surface area contributed by atoms with Gasteiger partial charge in [0, 0.05) is 24.0 Å². The Morgan fingerprint density at radius 2 is 2.05 bits per heavy atom. The number of hydrogen-bond acceptors (Lipinski definition) is 3. The van der Waals surface area contributed by atoms with Crippen LogP contribution in [0.1, 0.15) is 22.3 Å². The molecule has 5 heteroatoms. The first kappa shape index (κ1) is 14.1. The van der Waals surface area contributed by atoms with Crippen molar-refractivity contribution in [1.29, 1.82) is 0 Å². The summed E-state index contributed by atoms with van der Waals surface area (Å²) in [5, 5.41) is 0.773. The number of nitrogens with zero attached hydrogens (tertiary/aromatic N) is 1. The quantitative estimate of drug-likeness (QED) is 0.632. The highest BCUT2D eigenvalue weighted by Gasteiger charge is 2.31. The lowest BCUT2D eigenvalue weighted by Crippen LogP contribution is -2.30. The van der Waals surface area contributed by atoms with Gasteiger partial charge in [-0.1, -0.05) is 28.1 Å². The van der Waals surface area contributed by atoms with Gasteiger partial charge in [-0.2, -0.15) is 0 Å². The van der Waals surface area contributed by atoms with Crippen LogP contribution >= 0.6 is 15.9 Å². The van der Waals surface area contributed by atoms with Crippen LogP contribution in [0.15, 0.2) is 24.3 Å². The maximum atomic E-state index is 12.3. The second kappa shape index (κ2) is 6.19. The molecule has 1 unspecified atom stereocenters. The summed E-state index contributed by atoms with van der Waals surface area (Å²) in [6.45, 7) is 1.06. The smallest absolute Gasteiger partial charge is 0.310 e. The van der Waals surface area contributed by atoms with Crippen molar-refractivity contribution >= 4 is 27.8 Å². The van der Waals surface area contributed by atoms with E-state index in [4.69, 9.17) is 4.74 Å². The van der Waals surface area contributed by atoms with Crippen LogP contribution in [0.3, 0.4) is 0 Å². The lowest BCUT2D eigenvalue weighted by atomic mass is 10.1. The molecule has 1 aromatic rings. The average Bonchev–Trinajstić information content (AvgIpc) is 2.95. The van der Waals surface area contributed by atoms with Crippen molar-refractivity contribution in [3.8, 4) is 0 Å². The Morgan fingerprint density at radius 3 is 2.63 bits per heavy atom. The average molecular weight is 326 g/mol. The number of amides is 1. The number of methoxy groups -OCH3 is 1. The summed E-state index contributed by atoms with van der Waals surface area (Å²) in [5.74, 6) is -0.437. The Morgan fingerprint density at radius 1 is 1.37 bits per heavy atom. The van der Waals surface area contributed by atoms with Crippen molar-refractivity contribution < 1.29 is 14.3 Å². The zero-order chi connectivity index (χ0) is 13.8. The van der Waals surface area contributed by atoms with E-state index in [1.165, 1.54) is 7.11 Å². The number of esters is 1. The second-order valence-corrected chi connectivity index (χ2v) is 5.15. The van der Waals surface area contributed by atoms with Crippen LogP contribution in [0.2, 0.25) is 0 Å². The highest BCUT2D eigenvalue weighted by Crippen LogP contribution is 2.20. The minimum atomic E-state index is -0.232. The van der Waals surface area contributed by atoms with Gasteiger partial charge >= 0.3 is 5.97 Å². The zero-order valence-electron chi connectivity index (χ0n) is 10.8. The molecule has 1 saturated heterocycles. The van der Waals surface area contributed by atoms with Crippen LogP contribution < -0.4 is 0 Å². The molecule has 0 saturated carbocycles. The Bertz CT molecular complexity index is 472. The Balaban J connectivity index is 2.02. The standard InChI is InChI=1S/C14H16BrNO3/c1-19-14(18)12-6-7-16(9-12)13(17)11-4-2-10(8-15)3-5-11/h2-5,12H,6-9H2,1H3. The summed E-state index contributed by atoms with van der Waals surface area (Å²) in [6, 6.07) is 7.50. The fourth-order valence-electron chi connectivity index (χ4n) is 2.22. The van der Waals surface area contributed by atoms with Gasteiger partial charge in [0.1, 0.15) is 0 Å². The van der Waals surface area contributed by atoms with Gasteiger partial charge in [-0.05, 0) is 24.1 Å². The maximum absolute atomic E-state index is 12.3. The molecular formula is C14H16BrNO3. The van der Waals surface area contributed by atoms with Crippen molar-refractivity contribution in [3.05, 3.63) is 35.4 Å². The van der Waals surface area contributed by atoms with Crippen molar-refractivity contribution in [1.82, 2.24) is 4.90 Å². The maximum Gasteiger partial charge on any atom is 0.310 e. The lowest BCUT2D eigenvalue weighted by Gasteiger charge is -2.16. The monoisotopic (exact) mass is 325 g/mol. The van der Waals surface area contributed by atoms with Crippen LogP contribution in [0.4, 0.5) is 0 Å². The number of hydrogen-bond donors (Lipinski definition) is 0.